The SMILES string of the molecule is C=C(c1ccccc1)c1cc2c(cn1)C(C)(C)CN2C[C](C)C. The molecule has 1 aromatic carbocycles. The minimum absolute atomic E-state index is 0.143. The summed E-state index contributed by atoms with van der Waals surface area (Å²) in [6, 6.07) is 12.5. The normalized spacial score (nSPS) is 15.8. The van der Waals surface area contributed by atoms with Crippen LogP contribution in [0.1, 0.15) is 44.5 Å². The van der Waals surface area contributed by atoms with E-state index >= 15 is 0 Å². The number of benzene rings is 1. The van der Waals surface area contributed by atoms with Crippen molar-refractivity contribution in [3.05, 3.63) is 71.9 Å². The minimum atomic E-state index is 0.143. The molecule has 0 amide bonds. The van der Waals surface area contributed by atoms with Gasteiger partial charge in [0.05, 0.1) is 5.69 Å². The summed E-state index contributed by atoms with van der Waals surface area (Å²) in [5.74, 6) is 1.42. The highest BCUT2D eigenvalue weighted by Gasteiger charge is 2.35. The number of nitrogens with zero attached hydrogens (tertiary/aromatic N) is 2. The second kappa shape index (κ2) is 5.84. The average molecular weight is 305 g/mol. The third-order valence-electron chi connectivity index (χ3n) is 4.48. The third kappa shape index (κ3) is 3.03. The van der Waals surface area contributed by atoms with Crippen molar-refractivity contribution in [1.82, 2.24) is 4.98 Å². The molecule has 119 valence electrons. The van der Waals surface area contributed by atoms with Gasteiger partial charge in [-0.15, -0.1) is 0 Å². The summed E-state index contributed by atoms with van der Waals surface area (Å²) >= 11 is 0. The van der Waals surface area contributed by atoms with Crippen LogP contribution in [0.15, 0.2) is 49.2 Å². The molecule has 0 saturated heterocycles. The fraction of sp³-hybridized carbons (Fsp3) is 0.333. The molecule has 0 aliphatic carbocycles. The largest absolute Gasteiger partial charge is 0.370 e. The Morgan fingerprint density at radius 3 is 2.57 bits per heavy atom. The van der Waals surface area contributed by atoms with E-state index in [9.17, 15) is 0 Å². The Balaban J connectivity index is 1.99. The molecule has 1 aromatic heterocycles. The zero-order valence-corrected chi connectivity index (χ0v) is 14.6. The van der Waals surface area contributed by atoms with Crippen LogP contribution in [0.25, 0.3) is 5.57 Å². The van der Waals surface area contributed by atoms with Gasteiger partial charge in [0.15, 0.2) is 0 Å². The molecule has 3 rings (SSSR count). The Morgan fingerprint density at radius 1 is 1.22 bits per heavy atom. The Labute approximate surface area is 139 Å². The maximum absolute atomic E-state index is 4.70. The highest BCUT2D eigenvalue weighted by Crippen LogP contribution is 2.41. The van der Waals surface area contributed by atoms with Crippen LogP contribution in [-0.4, -0.2) is 18.1 Å². The molecule has 0 N–H and O–H groups in total. The molecular weight excluding hydrogens is 280 g/mol. The maximum Gasteiger partial charge on any atom is 0.0722 e. The summed E-state index contributed by atoms with van der Waals surface area (Å²) in [7, 11) is 0. The summed E-state index contributed by atoms with van der Waals surface area (Å²) in [6.45, 7) is 15.3. The van der Waals surface area contributed by atoms with E-state index in [4.69, 9.17) is 4.98 Å². The quantitative estimate of drug-likeness (QED) is 0.802. The lowest BCUT2D eigenvalue weighted by molar-refractivity contribution is 0.551. The van der Waals surface area contributed by atoms with E-state index in [1.807, 2.05) is 24.4 Å². The molecule has 2 aromatic rings. The molecular formula is C21H25N2. The Hall–Kier alpha value is -2.09. The summed E-state index contributed by atoms with van der Waals surface area (Å²) in [6.07, 6.45) is 2.05. The van der Waals surface area contributed by atoms with E-state index in [-0.39, 0.29) is 5.41 Å². The van der Waals surface area contributed by atoms with E-state index in [0.717, 1.165) is 29.9 Å². The second-order valence-corrected chi connectivity index (χ2v) is 7.38. The van der Waals surface area contributed by atoms with E-state index in [1.165, 1.54) is 17.2 Å². The predicted octanol–water partition coefficient (Wildman–Crippen LogP) is 4.85. The van der Waals surface area contributed by atoms with Gasteiger partial charge in [0.2, 0.25) is 0 Å². The minimum Gasteiger partial charge on any atom is -0.370 e. The fourth-order valence-corrected chi connectivity index (χ4v) is 3.35. The number of pyridine rings is 1. The zero-order valence-electron chi connectivity index (χ0n) is 14.6. The van der Waals surface area contributed by atoms with Crippen LogP contribution in [0.3, 0.4) is 0 Å². The molecule has 1 radical (unpaired) electrons. The first-order valence-corrected chi connectivity index (χ1v) is 8.18. The van der Waals surface area contributed by atoms with Crippen LogP contribution in [0, 0.1) is 5.92 Å². The van der Waals surface area contributed by atoms with Gasteiger partial charge in [-0.25, -0.2) is 0 Å². The Morgan fingerprint density at radius 2 is 1.91 bits per heavy atom. The van der Waals surface area contributed by atoms with E-state index < -0.39 is 0 Å². The lowest BCUT2D eigenvalue weighted by Gasteiger charge is -2.24. The van der Waals surface area contributed by atoms with Crippen molar-refractivity contribution in [3.63, 3.8) is 0 Å². The molecule has 2 heteroatoms. The van der Waals surface area contributed by atoms with Crippen LogP contribution in [-0.2, 0) is 5.41 Å². The van der Waals surface area contributed by atoms with Crippen molar-refractivity contribution < 1.29 is 0 Å². The van der Waals surface area contributed by atoms with E-state index in [0.29, 0.717) is 0 Å². The topological polar surface area (TPSA) is 16.1 Å². The zero-order chi connectivity index (χ0) is 16.6. The Kier molecular flexibility index (Phi) is 4.01. The first-order valence-electron chi connectivity index (χ1n) is 8.18. The van der Waals surface area contributed by atoms with Crippen LogP contribution in [0.4, 0.5) is 5.69 Å². The van der Waals surface area contributed by atoms with Crippen molar-refractivity contribution in [2.24, 2.45) is 0 Å². The molecule has 1 aliphatic heterocycles. The van der Waals surface area contributed by atoms with Crippen molar-refractivity contribution in [3.8, 4) is 0 Å². The molecule has 0 atom stereocenters. The number of hydrogen-bond donors (Lipinski definition) is 0. The predicted molar refractivity (Wildman–Crippen MR) is 98.6 cm³/mol. The first kappa shape index (κ1) is 15.8. The number of hydrogen-bond acceptors (Lipinski definition) is 2. The van der Waals surface area contributed by atoms with Crippen molar-refractivity contribution >= 4 is 11.3 Å². The van der Waals surface area contributed by atoms with Gasteiger partial charge in [-0.05, 0) is 17.5 Å². The van der Waals surface area contributed by atoms with Crippen LogP contribution in [0.2, 0.25) is 0 Å². The van der Waals surface area contributed by atoms with Gasteiger partial charge in [-0.2, -0.15) is 0 Å². The van der Waals surface area contributed by atoms with Gasteiger partial charge < -0.3 is 4.90 Å². The van der Waals surface area contributed by atoms with Crippen molar-refractivity contribution in [2.75, 3.05) is 18.0 Å². The molecule has 0 saturated carbocycles. The third-order valence-corrected chi connectivity index (χ3v) is 4.48. The van der Waals surface area contributed by atoms with Crippen molar-refractivity contribution in [1.29, 1.82) is 0 Å². The number of aromatic nitrogens is 1. The van der Waals surface area contributed by atoms with Gasteiger partial charge in [-0.1, -0.05) is 64.6 Å². The van der Waals surface area contributed by atoms with Gasteiger partial charge in [0.25, 0.3) is 0 Å². The van der Waals surface area contributed by atoms with Crippen LogP contribution in [0.5, 0.6) is 0 Å². The molecule has 23 heavy (non-hydrogen) atoms. The van der Waals surface area contributed by atoms with Gasteiger partial charge in [0, 0.05) is 41.5 Å². The van der Waals surface area contributed by atoms with Crippen molar-refractivity contribution in [2.45, 2.75) is 33.1 Å². The number of fused-ring (bicyclic) bond motifs is 1. The van der Waals surface area contributed by atoms with Gasteiger partial charge >= 0.3 is 0 Å². The monoisotopic (exact) mass is 305 g/mol. The Bertz CT molecular complexity index is 714. The lowest BCUT2D eigenvalue weighted by Crippen LogP contribution is -2.30. The van der Waals surface area contributed by atoms with Crippen LogP contribution < -0.4 is 4.90 Å². The molecule has 0 spiro atoms. The smallest absolute Gasteiger partial charge is 0.0722 e. The number of rotatable bonds is 4. The molecule has 2 heterocycles. The molecule has 1 aliphatic rings. The highest BCUT2D eigenvalue weighted by atomic mass is 15.2. The second-order valence-electron chi connectivity index (χ2n) is 7.38. The maximum atomic E-state index is 4.70. The fourth-order valence-electron chi connectivity index (χ4n) is 3.35. The first-order chi connectivity index (χ1) is 10.9. The van der Waals surface area contributed by atoms with Crippen LogP contribution >= 0.6 is 0 Å². The average Bonchev–Trinajstić information content (AvgIpc) is 2.77. The summed E-state index contributed by atoms with van der Waals surface area (Å²) in [4.78, 5) is 7.17. The molecule has 0 bridgehead atoms. The summed E-state index contributed by atoms with van der Waals surface area (Å²) in [5.41, 5.74) is 5.86. The summed E-state index contributed by atoms with van der Waals surface area (Å²) in [5, 5.41) is 0. The lowest BCUT2D eigenvalue weighted by atomic mass is 9.88. The van der Waals surface area contributed by atoms with E-state index in [1.54, 1.807) is 0 Å². The number of anilines is 1. The van der Waals surface area contributed by atoms with Gasteiger partial charge in [-0.3, -0.25) is 4.98 Å². The molecule has 2 nitrogen and oxygen atoms in total. The molecule has 0 unspecified atom stereocenters. The van der Waals surface area contributed by atoms with Gasteiger partial charge in [0.1, 0.15) is 0 Å². The summed E-state index contributed by atoms with van der Waals surface area (Å²) < 4.78 is 0. The standard InChI is InChI=1S/C21H25N2/c1-15(2)13-23-14-21(4,5)18-12-22-19(11-20(18)23)16(3)17-9-7-6-8-10-17/h6-12H,3,13-14H2,1-2,4-5H3. The highest BCUT2D eigenvalue weighted by molar-refractivity contribution is 5.79. The van der Waals surface area contributed by atoms with E-state index in [2.05, 4.69) is 57.4 Å². The molecule has 0 fully saturated rings.